The van der Waals surface area contributed by atoms with Gasteiger partial charge in [-0.25, -0.2) is 19.1 Å². The Morgan fingerprint density at radius 1 is 1.08 bits per heavy atom. The number of imidazole rings is 1. The van der Waals surface area contributed by atoms with Crippen LogP contribution in [0.3, 0.4) is 0 Å². The minimum atomic E-state index is -0.133. The summed E-state index contributed by atoms with van der Waals surface area (Å²) in [5.41, 5.74) is 4.72. The highest BCUT2D eigenvalue weighted by Gasteiger charge is 2.19. The van der Waals surface area contributed by atoms with Crippen LogP contribution in [-0.2, 0) is 13.0 Å². The molecule has 11 nitrogen and oxygen atoms in total. The maximum atomic E-state index is 13.7. The number of aromatic amines is 1. The highest BCUT2D eigenvalue weighted by molar-refractivity contribution is 5.69. The van der Waals surface area contributed by atoms with Gasteiger partial charge < -0.3 is 0 Å². The summed E-state index contributed by atoms with van der Waals surface area (Å²) in [6.07, 6.45) is 10.7. The Morgan fingerprint density at radius 3 is 2.62 bits per heavy atom. The Labute approximate surface area is 214 Å². The number of benzene rings is 1. The summed E-state index contributed by atoms with van der Waals surface area (Å²) >= 11 is 0. The Kier molecular flexibility index (Phi) is 7.02. The molecule has 1 N–H and O–H groups in total. The number of hydrogen-bond donors (Lipinski definition) is 1. The van der Waals surface area contributed by atoms with E-state index in [0.717, 1.165) is 53.6 Å². The molecule has 0 fully saturated rings. The van der Waals surface area contributed by atoms with Crippen molar-refractivity contribution in [1.29, 1.82) is 0 Å². The number of aromatic nitrogens is 10. The number of aryl methyl sites for hydroxylation is 1. The predicted molar refractivity (Wildman–Crippen MR) is 139 cm³/mol. The molecule has 1 unspecified atom stereocenters. The Balaban J connectivity index is 1.53. The third-order valence-electron chi connectivity index (χ3n) is 6.67. The van der Waals surface area contributed by atoms with Gasteiger partial charge in [-0.1, -0.05) is 44.5 Å². The second-order valence-electron chi connectivity index (χ2n) is 9.08. The fraction of sp³-hybridized carbons (Fsp3) is 0.346. The van der Waals surface area contributed by atoms with Gasteiger partial charge in [0.15, 0.2) is 5.82 Å². The minimum absolute atomic E-state index is 0.132. The van der Waals surface area contributed by atoms with E-state index in [4.69, 9.17) is 0 Å². The predicted octanol–water partition coefficient (Wildman–Crippen LogP) is 3.83. The van der Waals surface area contributed by atoms with Crippen LogP contribution < -0.4 is 5.69 Å². The van der Waals surface area contributed by atoms with E-state index in [1.54, 1.807) is 10.8 Å². The molecular weight excluding hydrogens is 468 g/mol. The second kappa shape index (κ2) is 10.7. The van der Waals surface area contributed by atoms with Crippen LogP contribution in [0.2, 0.25) is 0 Å². The molecule has 0 amide bonds. The third kappa shape index (κ3) is 4.84. The lowest BCUT2D eigenvalue weighted by Crippen LogP contribution is -2.27. The topological polar surface area (TPSA) is 125 Å². The van der Waals surface area contributed by atoms with E-state index in [0.29, 0.717) is 18.3 Å². The summed E-state index contributed by atoms with van der Waals surface area (Å²) in [5.74, 6) is 1.15. The number of hydrogen-bond acceptors (Lipinski definition) is 7. The molecule has 1 aromatic carbocycles. The van der Waals surface area contributed by atoms with Crippen LogP contribution in [0.4, 0.5) is 0 Å². The SMILES string of the molecule is CCCCc1cn(-c2ncnn2C(C)CC)c(=O)n1Cc1cnccc1-c1ccc(-c2nnn[nH]2)cc1. The zero-order chi connectivity index (χ0) is 25.8. The van der Waals surface area contributed by atoms with Crippen molar-refractivity contribution in [2.24, 2.45) is 0 Å². The van der Waals surface area contributed by atoms with Crippen molar-refractivity contribution in [3.05, 3.63) is 77.0 Å². The summed E-state index contributed by atoms with van der Waals surface area (Å²) in [4.78, 5) is 22.5. The molecule has 5 aromatic rings. The molecule has 11 heteroatoms. The molecule has 0 saturated carbocycles. The van der Waals surface area contributed by atoms with Gasteiger partial charge in [0.25, 0.3) is 0 Å². The van der Waals surface area contributed by atoms with E-state index in [9.17, 15) is 4.79 Å². The zero-order valence-electron chi connectivity index (χ0n) is 21.2. The lowest BCUT2D eigenvalue weighted by Gasteiger charge is -2.12. The Hall–Kier alpha value is -4.41. The molecule has 0 bridgehead atoms. The van der Waals surface area contributed by atoms with Crippen molar-refractivity contribution >= 4 is 0 Å². The fourth-order valence-corrected chi connectivity index (χ4v) is 4.39. The first-order valence-corrected chi connectivity index (χ1v) is 12.6. The van der Waals surface area contributed by atoms with E-state index in [1.165, 1.54) is 6.33 Å². The molecule has 190 valence electrons. The monoisotopic (exact) mass is 498 g/mol. The minimum Gasteiger partial charge on any atom is -0.291 e. The summed E-state index contributed by atoms with van der Waals surface area (Å²) in [5, 5.41) is 18.4. The van der Waals surface area contributed by atoms with E-state index in [-0.39, 0.29) is 11.7 Å². The average molecular weight is 499 g/mol. The first-order chi connectivity index (χ1) is 18.1. The largest absolute Gasteiger partial charge is 0.335 e. The second-order valence-corrected chi connectivity index (χ2v) is 9.08. The summed E-state index contributed by atoms with van der Waals surface area (Å²) in [6.45, 7) is 6.72. The van der Waals surface area contributed by atoms with Gasteiger partial charge in [0, 0.05) is 29.8 Å². The summed E-state index contributed by atoms with van der Waals surface area (Å²) < 4.78 is 5.28. The van der Waals surface area contributed by atoms with Gasteiger partial charge in [-0.05, 0) is 59.4 Å². The van der Waals surface area contributed by atoms with Crippen LogP contribution in [0.1, 0.15) is 57.3 Å². The van der Waals surface area contributed by atoms with Crippen LogP contribution in [0.5, 0.6) is 0 Å². The number of H-pyrrole nitrogens is 1. The van der Waals surface area contributed by atoms with Crippen LogP contribution in [0.25, 0.3) is 28.5 Å². The quantitative estimate of drug-likeness (QED) is 0.310. The van der Waals surface area contributed by atoms with Gasteiger partial charge in [0.1, 0.15) is 6.33 Å². The number of tetrazole rings is 1. The zero-order valence-corrected chi connectivity index (χ0v) is 21.2. The van der Waals surface area contributed by atoms with Gasteiger partial charge in [-0.2, -0.15) is 10.1 Å². The molecule has 0 aliphatic heterocycles. The molecule has 0 spiro atoms. The number of nitrogens with zero attached hydrogens (tertiary/aromatic N) is 9. The van der Waals surface area contributed by atoms with E-state index < -0.39 is 0 Å². The highest BCUT2D eigenvalue weighted by atomic mass is 16.2. The van der Waals surface area contributed by atoms with Crippen molar-refractivity contribution in [2.45, 2.75) is 59.0 Å². The number of nitrogens with one attached hydrogen (secondary N) is 1. The number of rotatable bonds is 10. The molecular formula is C26H30N10O. The van der Waals surface area contributed by atoms with Crippen molar-refractivity contribution in [2.75, 3.05) is 0 Å². The third-order valence-corrected chi connectivity index (χ3v) is 6.67. The molecule has 4 aromatic heterocycles. The van der Waals surface area contributed by atoms with Crippen LogP contribution in [0, 0.1) is 0 Å². The van der Waals surface area contributed by atoms with E-state index in [1.807, 2.05) is 52.0 Å². The van der Waals surface area contributed by atoms with Gasteiger partial charge in [0.2, 0.25) is 5.95 Å². The normalized spacial score (nSPS) is 12.2. The molecule has 1 atom stereocenters. The van der Waals surface area contributed by atoms with Crippen molar-refractivity contribution < 1.29 is 0 Å². The lowest BCUT2D eigenvalue weighted by molar-refractivity contribution is 0.466. The molecule has 5 rings (SSSR count). The van der Waals surface area contributed by atoms with E-state index in [2.05, 4.69) is 56.5 Å². The molecule has 0 radical (unpaired) electrons. The number of unbranched alkanes of at least 4 members (excludes halogenated alkanes) is 1. The Morgan fingerprint density at radius 2 is 1.89 bits per heavy atom. The fourth-order valence-electron chi connectivity index (χ4n) is 4.39. The van der Waals surface area contributed by atoms with Gasteiger partial charge in [-0.3, -0.25) is 9.55 Å². The van der Waals surface area contributed by atoms with Crippen LogP contribution in [0.15, 0.2) is 60.0 Å². The summed E-state index contributed by atoms with van der Waals surface area (Å²) in [7, 11) is 0. The maximum absolute atomic E-state index is 13.7. The van der Waals surface area contributed by atoms with Crippen molar-refractivity contribution in [3.63, 3.8) is 0 Å². The highest BCUT2D eigenvalue weighted by Crippen LogP contribution is 2.26. The summed E-state index contributed by atoms with van der Waals surface area (Å²) in [6, 6.07) is 10.1. The average Bonchev–Trinajstić information content (AvgIpc) is 3.69. The first-order valence-electron chi connectivity index (χ1n) is 12.6. The van der Waals surface area contributed by atoms with E-state index >= 15 is 0 Å². The van der Waals surface area contributed by atoms with Crippen molar-refractivity contribution in [3.8, 4) is 28.5 Å². The standard InChI is InChI=1S/C26H30N10O/c1-4-6-7-22-16-35(25-28-17-29-36(25)18(3)5-2)26(37)34(22)15-21-14-27-13-12-23(21)19-8-10-20(11-9-19)24-30-32-33-31-24/h8-14,16-18H,4-7,15H2,1-3H3,(H,30,31,32,33). The van der Waals surface area contributed by atoms with Gasteiger partial charge >= 0.3 is 5.69 Å². The molecule has 37 heavy (non-hydrogen) atoms. The first kappa shape index (κ1) is 24.3. The smallest absolute Gasteiger partial charge is 0.291 e. The van der Waals surface area contributed by atoms with Crippen LogP contribution >= 0.6 is 0 Å². The lowest BCUT2D eigenvalue weighted by atomic mass is 10.00. The maximum Gasteiger partial charge on any atom is 0.335 e. The molecule has 0 aliphatic carbocycles. The van der Waals surface area contributed by atoms with Crippen LogP contribution in [-0.4, -0.2) is 49.5 Å². The molecule has 0 saturated heterocycles. The molecule has 0 aliphatic rings. The molecule has 4 heterocycles. The van der Waals surface area contributed by atoms with Crippen molar-refractivity contribution in [1.82, 2.24) is 49.5 Å². The Bertz CT molecular complexity index is 1510. The van der Waals surface area contributed by atoms with Gasteiger partial charge in [0.05, 0.1) is 12.6 Å². The number of pyridine rings is 1. The van der Waals surface area contributed by atoms with Gasteiger partial charge in [-0.15, -0.1) is 5.10 Å².